The van der Waals surface area contributed by atoms with Crippen molar-refractivity contribution in [3.63, 3.8) is 0 Å². The summed E-state index contributed by atoms with van der Waals surface area (Å²) < 4.78 is 11.2. The average Bonchev–Trinajstić information content (AvgIpc) is 3.14. The number of aromatic nitrogens is 3. The van der Waals surface area contributed by atoms with Crippen molar-refractivity contribution >= 4 is 29.7 Å². The molecule has 1 atom stereocenters. The molecule has 1 aliphatic rings. The van der Waals surface area contributed by atoms with Crippen LogP contribution in [0.5, 0.6) is 0 Å². The monoisotopic (exact) mass is 333 g/mol. The van der Waals surface area contributed by atoms with Crippen LogP contribution in [0.1, 0.15) is 6.42 Å². The van der Waals surface area contributed by atoms with Crippen LogP contribution in [0.2, 0.25) is 5.02 Å². The van der Waals surface area contributed by atoms with Crippen LogP contribution >= 0.6 is 11.6 Å². The molecule has 2 aromatic rings. The summed E-state index contributed by atoms with van der Waals surface area (Å²) in [6, 6.07) is 7.14. The Kier molecular flexibility index (Phi) is 4.38. The van der Waals surface area contributed by atoms with Crippen LogP contribution in [0.25, 0.3) is 17.6 Å². The Labute approximate surface area is 136 Å². The molecule has 1 aromatic carbocycles. The lowest BCUT2D eigenvalue weighted by Crippen LogP contribution is -2.16. The second-order valence-corrected chi connectivity index (χ2v) is 5.26. The molecule has 1 fully saturated rings. The number of esters is 2. The Balaban J connectivity index is 1.62. The summed E-state index contributed by atoms with van der Waals surface area (Å²) in [7, 11) is 0. The van der Waals surface area contributed by atoms with Gasteiger partial charge >= 0.3 is 11.9 Å². The number of benzene rings is 1. The first kappa shape index (κ1) is 15.2. The highest BCUT2D eigenvalue weighted by molar-refractivity contribution is 6.30. The minimum atomic E-state index is -0.576. The summed E-state index contributed by atoms with van der Waals surface area (Å²) in [4.78, 5) is 26.7. The maximum Gasteiger partial charge on any atom is 0.332 e. The summed E-state index contributed by atoms with van der Waals surface area (Å²) in [5.41, 5.74) is 0.772. The van der Waals surface area contributed by atoms with E-state index in [4.69, 9.17) is 21.1 Å². The summed E-state index contributed by atoms with van der Waals surface area (Å²) in [5, 5.41) is 4.80. The van der Waals surface area contributed by atoms with Gasteiger partial charge in [-0.25, -0.2) is 14.5 Å². The van der Waals surface area contributed by atoms with E-state index in [1.807, 2.05) is 6.07 Å². The van der Waals surface area contributed by atoms with Gasteiger partial charge in [-0.2, -0.15) is 0 Å². The summed E-state index contributed by atoms with van der Waals surface area (Å²) in [6.07, 6.45) is 3.64. The number of hydrogen-bond donors (Lipinski definition) is 0. The maximum atomic E-state index is 11.6. The molecule has 1 aliphatic heterocycles. The zero-order chi connectivity index (χ0) is 16.2. The SMILES string of the molecule is O=C(/C=C/n1cnc(-c2cccc(Cl)c2)n1)OC1COC(=O)C1. The number of carbonyl (C=O) groups excluding carboxylic acids is 2. The van der Waals surface area contributed by atoms with E-state index >= 15 is 0 Å². The summed E-state index contributed by atoms with van der Waals surface area (Å²) >= 11 is 5.92. The van der Waals surface area contributed by atoms with Gasteiger partial charge in [0.05, 0.1) is 6.42 Å². The fourth-order valence-electron chi connectivity index (χ4n) is 2.01. The van der Waals surface area contributed by atoms with Crippen LogP contribution in [-0.4, -0.2) is 39.4 Å². The molecule has 23 heavy (non-hydrogen) atoms. The Morgan fingerprint density at radius 1 is 1.48 bits per heavy atom. The van der Waals surface area contributed by atoms with Gasteiger partial charge in [-0.3, -0.25) is 4.79 Å². The van der Waals surface area contributed by atoms with Crippen molar-refractivity contribution in [3.05, 3.63) is 41.7 Å². The molecule has 0 saturated carbocycles. The van der Waals surface area contributed by atoms with Crippen LogP contribution in [0, 0.1) is 0 Å². The quantitative estimate of drug-likeness (QED) is 0.628. The topological polar surface area (TPSA) is 83.3 Å². The smallest absolute Gasteiger partial charge is 0.332 e. The third kappa shape index (κ3) is 3.95. The van der Waals surface area contributed by atoms with Crippen LogP contribution < -0.4 is 0 Å². The Hall–Kier alpha value is -2.67. The molecule has 7 nitrogen and oxygen atoms in total. The van der Waals surface area contributed by atoms with E-state index in [9.17, 15) is 9.59 Å². The predicted molar refractivity (Wildman–Crippen MR) is 81.3 cm³/mol. The highest BCUT2D eigenvalue weighted by Gasteiger charge is 2.26. The molecule has 2 heterocycles. The average molecular weight is 334 g/mol. The van der Waals surface area contributed by atoms with Gasteiger partial charge in [0.2, 0.25) is 0 Å². The van der Waals surface area contributed by atoms with Crippen LogP contribution in [-0.2, 0) is 19.1 Å². The van der Waals surface area contributed by atoms with E-state index in [1.165, 1.54) is 23.3 Å². The van der Waals surface area contributed by atoms with Crippen molar-refractivity contribution in [2.24, 2.45) is 0 Å². The molecule has 1 aromatic heterocycles. The lowest BCUT2D eigenvalue weighted by Gasteiger charge is -2.05. The van der Waals surface area contributed by atoms with Crippen molar-refractivity contribution < 1.29 is 19.1 Å². The molecule has 1 unspecified atom stereocenters. The fraction of sp³-hybridized carbons (Fsp3) is 0.200. The van der Waals surface area contributed by atoms with Crippen molar-refractivity contribution in [2.45, 2.75) is 12.5 Å². The highest BCUT2D eigenvalue weighted by Crippen LogP contribution is 2.18. The van der Waals surface area contributed by atoms with E-state index < -0.39 is 12.1 Å². The van der Waals surface area contributed by atoms with E-state index in [0.717, 1.165) is 5.56 Å². The van der Waals surface area contributed by atoms with E-state index in [2.05, 4.69) is 10.1 Å². The predicted octanol–water partition coefficient (Wildman–Crippen LogP) is 1.93. The molecule has 0 amide bonds. The van der Waals surface area contributed by atoms with E-state index in [1.54, 1.807) is 18.2 Å². The van der Waals surface area contributed by atoms with Crippen molar-refractivity contribution in [1.82, 2.24) is 14.8 Å². The summed E-state index contributed by atoms with van der Waals surface area (Å²) in [6.45, 7) is 0.0979. The first-order valence-electron chi connectivity index (χ1n) is 6.82. The minimum absolute atomic E-state index is 0.0851. The number of ether oxygens (including phenoxy) is 2. The summed E-state index contributed by atoms with van der Waals surface area (Å²) in [5.74, 6) is -0.456. The van der Waals surface area contributed by atoms with Crippen molar-refractivity contribution in [1.29, 1.82) is 0 Å². The standard InChI is InChI=1S/C15H12ClN3O4/c16-11-3-1-2-10(6-11)15-17-9-19(18-15)5-4-13(20)23-12-7-14(21)22-8-12/h1-6,9,12H,7-8H2/b5-4+. The fourth-order valence-corrected chi connectivity index (χ4v) is 2.20. The maximum absolute atomic E-state index is 11.6. The van der Waals surface area contributed by atoms with Crippen molar-refractivity contribution in [3.8, 4) is 11.4 Å². The lowest BCUT2D eigenvalue weighted by atomic mass is 10.2. The first-order valence-corrected chi connectivity index (χ1v) is 7.19. The third-order valence-electron chi connectivity index (χ3n) is 3.06. The van der Waals surface area contributed by atoms with Crippen molar-refractivity contribution in [2.75, 3.05) is 6.61 Å². The van der Waals surface area contributed by atoms with Crippen LogP contribution in [0.3, 0.4) is 0 Å². The molecule has 8 heteroatoms. The molecule has 0 bridgehead atoms. The van der Waals surface area contributed by atoms with E-state index in [0.29, 0.717) is 10.8 Å². The third-order valence-corrected chi connectivity index (χ3v) is 3.30. The number of halogens is 1. The first-order chi connectivity index (χ1) is 11.1. The number of nitrogens with zero attached hydrogens (tertiary/aromatic N) is 3. The van der Waals surface area contributed by atoms with Gasteiger partial charge in [0.25, 0.3) is 0 Å². The molecule has 0 radical (unpaired) electrons. The van der Waals surface area contributed by atoms with Gasteiger partial charge in [0, 0.05) is 22.9 Å². The molecule has 0 N–H and O–H groups in total. The van der Waals surface area contributed by atoms with Crippen LogP contribution in [0.15, 0.2) is 36.7 Å². The number of cyclic esters (lactones) is 1. The largest absolute Gasteiger partial charge is 0.462 e. The molecule has 0 aliphatic carbocycles. The van der Waals surface area contributed by atoms with Gasteiger partial charge in [-0.15, -0.1) is 5.10 Å². The molecule has 3 rings (SSSR count). The Bertz CT molecular complexity index is 772. The van der Waals surface area contributed by atoms with Crippen LogP contribution in [0.4, 0.5) is 0 Å². The number of rotatable bonds is 4. The zero-order valence-electron chi connectivity index (χ0n) is 11.9. The normalized spacial score (nSPS) is 17.4. The van der Waals surface area contributed by atoms with Gasteiger partial charge in [-0.05, 0) is 12.1 Å². The molecular weight excluding hydrogens is 322 g/mol. The van der Waals surface area contributed by atoms with Gasteiger partial charge < -0.3 is 9.47 Å². The second kappa shape index (κ2) is 6.62. The lowest BCUT2D eigenvalue weighted by molar-refractivity contribution is -0.143. The Morgan fingerprint density at radius 3 is 3.09 bits per heavy atom. The molecular formula is C15H12ClN3O4. The second-order valence-electron chi connectivity index (χ2n) is 4.82. The molecule has 1 saturated heterocycles. The van der Waals surface area contributed by atoms with Gasteiger partial charge in [0.15, 0.2) is 5.82 Å². The minimum Gasteiger partial charge on any atom is -0.462 e. The zero-order valence-corrected chi connectivity index (χ0v) is 12.6. The number of carbonyl (C=O) groups is 2. The van der Waals surface area contributed by atoms with Gasteiger partial charge in [-0.1, -0.05) is 23.7 Å². The number of hydrogen-bond acceptors (Lipinski definition) is 6. The van der Waals surface area contributed by atoms with E-state index in [-0.39, 0.29) is 19.0 Å². The highest BCUT2D eigenvalue weighted by atomic mass is 35.5. The van der Waals surface area contributed by atoms with Gasteiger partial charge in [0.1, 0.15) is 19.0 Å². The molecule has 0 spiro atoms. The Morgan fingerprint density at radius 2 is 2.35 bits per heavy atom. The molecule has 118 valence electrons.